The number of hydrogen-bond donors (Lipinski definition) is 2. The molecular formula is C20H18F3NO3. The highest BCUT2D eigenvalue weighted by Gasteiger charge is 2.32. The van der Waals surface area contributed by atoms with Crippen LogP contribution in [-0.2, 0) is 11.0 Å². The number of nitrogens with one attached hydrogen (secondary N) is 1. The summed E-state index contributed by atoms with van der Waals surface area (Å²) in [6.45, 7) is 0. The molecule has 2 atom stereocenters. The molecule has 2 aromatic carbocycles. The van der Waals surface area contributed by atoms with Gasteiger partial charge in [0.2, 0.25) is 0 Å². The Morgan fingerprint density at radius 2 is 1.67 bits per heavy atom. The monoisotopic (exact) mass is 377 g/mol. The van der Waals surface area contributed by atoms with Crippen molar-refractivity contribution in [2.75, 3.05) is 0 Å². The SMILES string of the molecule is O=C(N[C@H]1CC[C@@H](C(=O)O)C1)c1ccccc1-c1ccc(C(F)(F)F)cc1. The normalized spacial score (nSPS) is 19.7. The number of benzene rings is 2. The smallest absolute Gasteiger partial charge is 0.416 e. The predicted octanol–water partition coefficient (Wildman–Crippen LogP) is 4.36. The first-order valence-corrected chi connectivity index (χ1v) is 8.56. The van der Waals surface area contributed by atoms with Gasteiger partial charge in [-0.1, -0.05) is 30.3 Å². The van der Waals surface area contributed by atoms with Crippen molar-refractivity contribution >= 4 is 11.9 Å². The Kier molecular flexibility index (Phi) is 5.21. The quantitative estimate of drug-likeness (QED) is 0.832. The highest BCUT2D eigenvalue weighted by molar-refractivity contribution is 6.01. The summed E-state index contributed by atoms with van der Waals surface area (Å²) in [5, 5.41) is 11.9. The molecule has 1 amide bonds. The first-order valence-electron chi connectivity index (χ1n) is 8.56. The van der Waals surface area contributed by atoms with Crippen LogP contribution in [0, 0.1) is 5.92 Å². The Morgan fingerprint density at radius 1 is 1.00 bits per heavy atom. The fraction of sp³-hybridized carbons (Fsp3) is 0.300. The number of carboxylic acids is 1. The van der Waals surface area contributed by atoms with E-state index in [1.165, 1.54) is 12.1 Å². The molecule has 0 unspecified atom stereocenters. The average molecular weight is 377 g/mol. The molecule has 3 rings (SSSR count). The molecule has 0 bridgehead atoms. The predicted molar refractivity (Wildman–Crippen MR) is 93.1 cm³/mol. The fourth-order valence-electron chi connectivity index (χ4n) is 3.37. The van der Waals surface area contributed by atoms with Gasteiger partial charge in [-0.3, -0.25) is 9.59 Å². The number of carbonyl (C=O) groups excluding carboxylic acids is 1. The van der Waals surface area contributed by atoms with Crippen LogP contribution in [0.5, 0.6) is 0 Å². The Bertz CT molecular complexity index is 846. The number of alkyl halides is 3. The second-order valence-electron chi connectivity index (χ2n) is 6.64. The minimum absolute atomic E-state index is 0.223. The van der Waals surface area contributed by atoms with E-state index >= 15 is 0 Å². The van der Waals surface area contributed by atoms with Crippen LogP contribution in [0.2, 0.25) is 0 Å². The van der Waals surface area contributed by atoms with Gasteiger partial charge in [-0.05, 0) is 48.6 Å². The van der Waals surface area contributed by atoms with Crippen molar-refractivity contribution in [3.05, 3.63) is 59.7 Å². The third-order valence-electron chi connectivity index (χ3n) is 4.81. The molecule has 1 aliphatic rings. The van der Waals surface area contributed by atoms with Crippen LogP contribution >= 0.6 is 0 Å². The topological polar surface area (TPSA) is 66.4 Å². The lowest BCUT2D eigenvalue weighted by Crippen LogP contribution is -2.33. The molecule has 0 heterocycles. The van der Waals surface area contributed by atoms with E-state index in [2.05, 4.69) is 5.32 Å². The molecule has 2 aromatic rings. The molecule has 1 saturated carbocycles. The maximum atomic E-state index is 12.7. The zero-order valence-electron chi connectivity index (χ0n) is 14.3. The number of carbonyl (C=O) groups is 2. The Hall–Kier alpha value is -2.83. The summed E-state index contributed by atoms with van der Waals surface area (Å²) < 4.78 is 38.2. The van der Waals surface area contributed by atoms with Crippen LogP contribution in [0.25, 0.3) is 11.1 Å². The molecule has 0 saturated heterocycles. The van der Waals surface area contributed by atoms with Crippen molar-refractivity contribution in [2.24, 2.45) is 5.92 Å². The molecule has 0 spiro atoms. The van der Waals surface area contributed by atoms with Gasteiger partial charge in [0.25, 0.3) is 5.91 Å². The number of halogens is 3. The fourth-order valence-corrected chi connectivity index (χ4v) is 3.37. The maximum absolute atomic E-state index is 12.7. The van der Waals surface area contributed by atoms with Gasteiger partial charge in [-0.15, -0.1) is 0 Å². The van der Waals surface area contributed by atoms with E-state index in [1.807, 2.05) is 0 Å². The van der Waals surface area contributed by atoms with Gasteiger partial charge in [0, 0.05) is 11.6 Å². The van der Waals surface area contributed by atoms with Gasteiger partial charge in [-0.2, -0.15) is 13.2 Å². The van der Waals surface area contributed by atoms with E-state index in [0.717, 1.165) is 12.1 Å². The number of hydrogen-bond acceptors (Lipinski definition) is 2. The van der Waals surface area contributed by atoms with E-state index < -0.39 is 23.6 Å². The van der Waals surface area contributed by atoms with Crippen molar-refractivity contribution in [3.63, 3.8) is 0 Å². The van der Waals surface area contributed by atoms with E-state index in [-0.39, 0.29) is 11.9 Å². The lowest BCUT2D eigenvalue weighted by Gasteiger charge is -2.15. The van der Waals surface area contributed by atoms with Crippen LogP contribution in [0.15, 0.2) is 48.5 Å². The molecule has 0 radical (unpaired) electrons. The molecule has 0 aliphatic heterocycles. The molecular weight excluding hydrogens is 359 g/mol. The number of rotatable bonds is 4. The maximum Gasteiger partial charge on any atom is 0.416 e. The lowest BCUT2D eigenvalue weighted by molar-refractivity contribution is -0.141. The van der Waals surface area contributed by atoms with Crippen molar-refractivity contribution in [1.29, 1.82) is 0 Å². The average Bonchev–Trinajstić information content (AvgIpc) is 3.10. The van der Waals surface area contributed by atoms with E-state index in [1.54, 1.807) is 24.3 Å². The Labute approximate surface area is 154 Å². The van der Waals surface area contributed by atoms with Gasteiger partial charge >= 0.3 is 12.1 Å². The first kappa shape index (κ1) is 18.9. The first-order chi connectivity index (χ1) is 12.8. The molecule has 1 fully saturated rings. The number of aliphatic carboxylic acids is 1. The molecule has 4 nitrogen and oxygen atoms in total. The standard InChI is InChI=1S/C20H18F3NO3/c21-20(22,23)14-8-5-12(6-9-14)16-3-1-2-4-17(16)18(25)24-15-10-7-13(11-15)19(26)27/h1-6,8-9,13,15H,7,10-11H2,(H,24,25)(H,26,27)/t13-,15+/m1/s1. The second-order valence-corrected chi connectivity index (χ2v) is 6.64. The second kappa shape index (κ2) is 7.42. The Morgan fingerprint density at radius 3 is 2.26 bits per heavy atom. The van der Waals surface area contributed by atoms with Crippen LogP contribution in [0.3, 0.4) is 0 Å². The lowest BCUT2D eigenvalue weighted by atomic mass is 9.98. The van der Waals surface area contributed by atoms with Gasteiger partial charge in [0.05, 0.1) is 11.5 Å². The summed E-state index contributed by atoms with van der Waals surface area (Å²) >= 11 is 0. The van der Waals surface area contributed by atoms with Gasteiger partial charge in [-0.25, -0.2) is 0 Å². The van der Waals surface area contributed by atoms with Crippen LogP contribution < -0.4 is 5.32 Å². The molecule has 142 valence electrons. The summed E-state index contributed by atoms with van der Waals surface area (Å²) in [6.07, 6.45) is -2.94. The summed E-state index contributed by atoms with van der Waals surface area (Å²) in [5.74, 6) is -1.68. The minimum Gasteiger partial charge on any atom is -0.481 e. The number of carboxylic acid groups (broad SMARTS) is 1. The van der Waals surface area contributed by atoms with Crippen molar-refractivity contribution in [2.45, 2.75) is 31.5 Å². The number of amides is 1. The van der Waals surface area contributed by atoms with Crippen LogP contribution in [0.4, 0.5) is 13.2 Å². The largest absolute Gasteiger partial charge is 0.481 e. The van der Waals surface area contributed by atoms with E-state index in [4.69, 9.17) is 5.11 Å². The van der Waals surface area contributed by atoms with Crippen LogP contribution in [0.1, 0.15) is 35.2 Å². The zero-order chi connectivity index (χ0) is 19.6. The molecule has 0 aromatic heterocycles. The molecule has 27 heavy (non-hydrogen) atoms. The third-order valence-corrected chi connectivity index (χ3v) is 4.81. The minimum atomic E-state index is -4.42. The summed E-state index contributed by atoms with van der Waals surface area (Å²) in [5.41, 5.74) is 0.620. The molecule has 7 heteroatoms. The van der Waals surface area contributed by atoms with E-state index in [9.17, 15) is 22.8 Å². The summed E-state index contributed by atoms with van der Waals surface area (Å²) in [4.78, 5) is 23.7. The van der Waals surface area contributed by atoms with Crippen molar-refractivity contribution in [3.8, 4) is 11.1 Å². The molecule has 1 aliphatic carbocycles. The highest BCUT2D eigenvalue weighted by atomic mass is 19.4. The summed E-state index contributed by atoms with van der Waals surface area (Å²) in [6, 6.07) is 11.1. The van der Waals surface area contributed by atoms with Gasteiger partial charge < -0.3 is 10.4 Å². The zero-order valence-corrected chi connectivity index (χ0v) is 14.3. The van der Waals surface area contributed by atoms with Gasteiger partial charge in [0.1, 0.15) is 0 Å². The van der Waals surface area contributed by atoms with Crippen LogP contribution in [-0.4, -0.2) is 23.0 Å². The van der Waals surface area contributed by atoms with Crippen molar-refractivity contribution in [1.82, 2.24) is 5.32 Å². The Balaban J connectivity index is 1.80. The van der Waals surface area contributed by atoms with Gasteiger partial charge in [0.15, 0.2) is 0 Å². The van der Waals surface area contributed by atoms with E-state index in [0.29, 0.717) is 36.0 Å². The highest BCUT2D eigenvalue weighted by Crippen LogP contribution is 2.32. The molecule has 2 N–H and O–H groups in total. The third kappa shape index (κ3) is 4.30. The summed E-state index contributed by atoms with van der Waals surface area (Å²) in [7, 11) is 0. The van der Waals surface area contributed by atoms with Crippen molar-refractivity contribution < 1.29 is 27.9 Å².